The molecular formula is C36H39N5O6. The molecule has 0 aromatic heterocycles. The standard InChI is InChI=1S/C20H23N3O4.C16H16N2O2/c1-13(24)21-15-11-9-14(10-12-15)18(25)22-16-7-5-6-8-17(16)23-19(26)27-20(2,3)4;1-11-5-3-4-6-15(11)18-16(20)13-7-9-14(10-8-13)17-12(2)19/h5-12H,1-4H3,(H,21,24)(H,22,25)(H,23,26);3-10H,1-2H3,(H,17,19)(H,18,20). The van der Waals surface area contributed by atoms with Gasteiger partial charge in [-0.2, -0.15) is 0 Å². The van der Waals surface area contributed by atoms with E-state index in [1.54, 1.807) is 93.6 Å². The van der Waals surface area contributed by atoms with Crippen LogP contribution in [0.2, 0.25) is 0 Å². The van der Waals surface area contributed by atoms with E-state index in [0.29, 0.717) is 33.9 Å². The summed E-state index contributed by atoms with van der Waals surface area (Å²) in [7, 11) is 0. The number of ether oxygens (including phenoxy) is 1. The Labute approximate surface area is 274 Å². The van der Waals surface area contributed by atoms with Gasteiger partial charge < -0.3 is 26.0 Å². The highest BCUT2D eigenvalue weighted by molar-refractivity contribution is 6.07. The summed E-state index contributed by atoms with van der Waals surface area (Å²) in [4.78, 5) is 58.5. The molecule has 0 atom stereocenters. The summed E-state index contributed by atoms with van der Waals surface area (Å²) >= 11 is 0. The third-order valence-corrected chi connectivity index (χ3v) is 6.14. The molecule has 0 heterocycles. The van der Waals surface area contributed by atoms with E-state index in [4.69, 9.17) is 4.74 Å². The van der Waals surface area contributed by atoms with Crippen molar-refractivity contribution >= 4 is 58.2 Å². The quantitative estimate of drug-likeness (QED) is 0.142. The second-order valence-electron chi connectivity index (χ2n) is 11.4. The van der Waals surface area contributed by atoms with Crippen LogP contribution in [0.3, 0.4) is 0 Å². The van der Waals surface area contributed by atoms with Crippen LogP contribution in [-0.2, 0) is 14.3 Å². The summed E-state index contributed by atoms with van der Waals surface area (Å²) < 4.78 is 5.23. The van der Waals surface area contributed by atoms with Crippen LogP contribution in [-0.4, -0.2) is 35.3 Å². The zero-order valence-corrected chi connectivity index (χ0v) is 27.2. The zero-order chi connectivity index (χ0) is 34.6. The number of amides is 5. The largest absolute Gasteiger partial charge is 0.444 e. The lowest BCUT2D eigenvalue weighted by atomic mass is 10.1. The molecule has 5 amide bonds. The molecule has 0 aliphatic carbocycles. The number of para-hydroxylation sites is 3. The van der Waals surface area contributed by atoms with Crippen molar-refractivity contribution in [3.63, 3.8) is 0 Å². The average Bonchev–Trinajstić information content (AvgIpc) is 2.99. The van der Waals surface area contributed by atoms with Crippen molar-refractivity contribution in [1.82, 2.24) is 0 Å². The van der Waals surface area contributed by atoms with E-state index >= 15 is 0 Å². The molecule has 0 unspecified atom stereocenters. The molecule has 0 aliphatic rings. The molecule has 0 fully saturated rings. The SMILES string of the molecule is CC(=O)Nc1ccc(C(=O)Nc2ccccc2C)cc1.CC(=O)Nc1ccc(C(=O)Nc2ccccc2NC(=O)OC(C)(C)C)cc1. The van der Waals surface area contributed by atoms with Crippen molar-refractivity contribution in [3.8, 4) is 0 Å². The van der Waals surface area contributed by atoms with E-state index in [9.17, 15) is 24.0 Å². The molecule has 4 aromatic carbocycles. The molecule has 4 aromatic rings. The fourth-order valence-electron chi connectivity index (χ4n) is 4.03. The first-order valence-corrected chi connectivity index (χ1v) is 14.7. The predicted molar refractivity (Wildman–Crippen MR) is 185 cm³/mol. The number of hydrogen-bond acceptors (Lipinski definition) is 6. The minimum atomic E-state index is -0.627. The third-order valence-electron chi connectivity index (χ3n) is 6.14. The van der Waals surface area contributed by atoms with Gasteiger partial charge in [-0.1, -0.05) is 30.3 Å². The molecule has 4 rings (SSSR count). The Hall–Kier alpha value is -5.97. The van der Waals surface area contributed by atoms with Crippen LogP contribution in [0.25, 0.3) is 0 Å². The topological polar surface area (TPSA) is 155 Å². The summed E-state index contributed by atoms with van der Waals surface area (Å²) in [6.07, 6.45) is -0.608. The molecule has 5 N–H and O–H groups in total. The maximum Gasteiger partial charge on any atom is 0.412 e. The predicted octanol–water partition coefficient (Wildman–Crippen LogP) is 7.45. The minimum absolute atomic E-state index is 0.137. The lowest BCUT2D eigenvalue weighted by Crippen LogP contribution is -2.27. The van der Waals surface area contributed by atoms with Crippen molar-refractivity contribution in [2.24, 2.45) is 0 Å². The lowest BCUT2D eigenvalue weighted by Gasteiger charge is -2.20. The summed E-state index contributed by atoms with van der Waals surface area (Å²) in [6, 6.07) is 27.7. The maximum absolute atomic E-state index is 12.5. The Morgan fingerprint density at radius 1 is 0.511 bits per heavy atom. The van der Waals surface area contributed by atoms with Gasteiger partial charge in [0.2, 0.25) is 11.8 Å². The first kappa shape index (κ1) is 35.5. The first-order valence-electron chi connectivity index (χ1n) is 14.7. The average molecular weight is 638 g/mol. The van der Waals surface area contributed by atoms with Crippen LogP contribution in [0.4, 0.5) is 33.2 Å². The first-order chi connectivity index (χ1) is 22.2. The van der Waals surface area contributed by atoms with E-state index in [2.05, 4.69) is 26.6 Å². The Morgan fingerprint density at radius 3 is 1.30 bits per heavy atom. The van der Waals surface area contributed by atoms with Gasteiger partial charge in [0.05, 0.1) is 11.4 Å². The molecule has 0 spiro atoms. The Kier molecular flexibility index (Phi) is 12.4. The molecule has 0 radical (unpaired) electrons. The fraction of sp³-hybridized carbons (Fsp3) is 0.194. The van der Waals surface area contributed by atoms with Gasteiger partial charge in [0, 0.05) is 42.0 Å². The van der Waals surface area contributed by atoms with Crippen LogP contribution in [0, 0.1) is 6.92 Å². The highest BCUT2D eigenvalue weighted by Crippen LogP contribution is 2.23. The number of carbonyl (C=O) groups is 5. The van der Waals surface area contributed by atoms with Crippen LogP contribution >= 0.6 is 0 Å². The normalized spacial score (nSPS) is 10.3. The summed E-state index contributed by atoms with van der Waals surface area (Å²) in [6.45, 7) is 10.1. The van der Waals surface area contributed by atoms with Crippen molar-refractivity contribution in [1.29, 1.82) is 0 Å². The maximum atomic E-state index is 12.5. The van der Waals surface area contributed by atoms with E-state index in [1.165, 1.54) is 13.8 Å². The Morgan fingerprint density at radius 2 is 0.894 bits per heavy atom. The molecule has 0 saturated carbocycles. The number of nitrogens with one attached hydrogen (secondary N) is 5. The van der Waals surface area contributed by atoms with Gasteiger partial charge >= 0.3 is 6.09 Å². The third kappa shape index (κ3) is 12.1. The molecule has 0 aliphatic heterocycles. The Bertz CT molecular complexity index is 1730. The van der Waals surface area contributed by atoms with Gasteiger partial charge in [-0.05, 0) is 100.0 Å². The molecule has 0 bridgehead atoms. The second-order valence-corrected chi connectivity index (χ2v) is 11.4. The van der Waals surface area contributed by atoms with Crippen molar-refractivity contribution in [3.05, 3.63) is 114 Å². The number of benzene rings is 4. The van der Waals surface area contributed by atoms with Crippen LogP contribution in [0.15, 0.2) is 97.1 Å². The molecule has 47 heavy (non-hydrogen) atoms. The number of carbonyl (C=O) groups excluding carboxylic acids is 5. The van der Waals surface area contributed by atoms with Gasteiger partial charge in [-0.3, -0.25) is 24.5 Å². The smallest absolute Gasteiger partial charge is 0.412 e. The van der Waals surface area contributed by atoms with Crippen LogP contribution in [0.1, 0.15) is 60.9 Å². The van der Waals surface area contributed by atoms with Crippen molar-refractivity contribution in [2.45, 2.75) is 47.1 Å². The molecule has 0 saturated heterocycles. The lowest BCUT2D eigenvalue weighted by molar-refractivity contribution is -0.115. The summed E-state index contributed by atoms with van der Waals surface area (Å²) in [5.74, 6) is -0.840. The monoisotopic (exact) mass is 637 g/mol. The number of rotatable bonds is 7. The van der Waals surface area contributed by atoms with E-state index < -0.39 is 11.7 Å². The summed E-state index contributed by atoms with van der Waals surface area (Å²) in [5, 5.41) is 13.5. The van der Waals surface area contributed by atoms with Crippen molar-refractivity contribution < 1.29 is 28.7 Å². The van der Waals surface area contributed by atoms with E-state index in [-0.39, 0.29) is 23.6 Å². The number of aryl methyl sites for hydroxylation is 1. The summed E-state index contributed by atoms with van der Waals surface area (Å²) in [5.41, 5.74) is 4.28. The van der Waals surface area contributed by atoms with Crippen molar-refractivity contribution in [2.75, 3.05) is 26.6 Å². The number of hydrogen-bond donors (Lipinski definition) is 5. The van der Waals surface area contributed by atoms with Gasteiger partial charge in [0.15, 0.2) is 0 Å². The highest BCUT2D eigenvalue weighted by atomic mass is 16.6. The molecule has 244 valence electrons. The fourth-order valence-corrected chi connectivity index (χ4v) is 4.03. The molecule has 11 heteroatoms. The van der Waals surface area contributed by atoms with Gasteiger partial charge in [0.25, 0.3) is 11.8 Å². The Balaban J connectivity index is 0.000000267. The van der Waals surface area contributed by atoms with Crippen LogP contribution in [0.5, 0.6) is 0 Å². The highest BCUT2D eigenvalue weighted by Gasteiger charge is 2.18. The van der Waals surface area contributed by atoms with E-state index in [1.807, 2.05) is 31.2 Å². The minimum Gasteiger partial charge on any atom is -0.444 e. The van der Waals surface area contributed by atoms with Crippen LogP contribution < -0.4 is 26.6 Å². The van der Waals surface area contributed by atoms with E-state index in [0.717, 1.165) is 11.3 Å². The molecule has 11 nitrogen and oxygen atoms in total. The molecular weight excluding hydrogens is 598 g/mol. The van der Waals surface area contributed by atoms with Gasteiger partial charge in [-0.25, -0.2) is 4.79 Å². The number of anilines is 5. The second kappa shape index (κ2) is 16.4. The van der Waals surface area contributed by atoms with Gasteiger partial charge in [0.1, 0.15) is 5.60 Å². The zero-order valence-electron chi connectivity index (χ0n) is 27.2. The van der Waals surface area contributed by atoms with Gasteiger partial charge in [-0.15, -0.1) is 0 Å².